The van der Waals surface area contributed by atoms with E-state index in [1.807, 2.05) is 0 Å². The molecule has 1 heterocycles. The number of hydrogen-bond donors (Lipinski definition) is 3. The Kier molecular flexibility index (Phi) is 8.95. The lowest BCUT2D eigenvalue weighted by molar-refractivity contribution is -0.123. The number of aromatic nitrogens is 4. The lowest BCUT2D eigenvalue weighted by Gasteiger charge is -2.18. The molecule has 0 spiro atoms. The van der Waals surface area contributed by atoms with Crippen molar-refractivity contribution in [1.29, 1.82) is 0 Å². The van der Waals surface area contributed by atoms with Crippen LogP contribution in [-0.2, 0) is 20.8 Å². The van der Waals surface area contributed by atoms with Crippen LogP contribution in [0.2, 0.25) is 5.02 Å². The van der Waals surface area contributed by atoms with E-state index in [4.69, 9.17) is 16.7 Å². The molecule has 0 bridgehead atoms. The molecule has 0 saturated heterocycles. The van der Waals surface area contributed by atoms with Crippen molar-refractivity contribution < 1.29 is 24.0 Å². The Labute approximate surface area is 208 Å². The minimum atomic E-state index is -1.18. The van der Waals surface area contributed by atoms with Crippen LogP contribution < -0.4 is 10.6 Å². The van der Waals surface area contributed by atoms with E-state index in [1.165, 1.54) is 53.7 Å². The van der Waals surface area contributed by atoms with Crippen LogP contribution in [0.25, 0.3) is 11.8 Å². The van der Waals surface area contributed by atoms with Crippen LogP contribution in [0.15, 0.2) is 54.9 Å². The Morgan fingerprint density at radius 1 is 1.23 bits per heavy atom. The smallest absolute Gasteiger partial charge is 0.335 e. The molecule has 0 fully saturated rings. The second-order valence-corrected chi connectivity index (χ2v) is 9.28. The van der Waals surface area contributed by atoms with Gasteiger partial charge in [-0.05, 0) is 59.0 Å². The van der Waals surface area contributed by atoms with E-state index < -0.39 is 35.0 Å². The summed E-state index contributed by atoms with van der Waals surface area (Å²) in [5, 5.41) is 25.7. The Balaban J connectivity index is 1.72. The van der Waals surface area contributed by atoms with E-state index in [-0.39, 0.29) is 17.7 Å². The minimum Gasteiger partial charge on any atom is -0.617 e. The SMILES string of the molecule is C[S+]([O-])CC[C@H](NC(=O)C=Cc1cc(Cl)ccc1-n1cnnn1)C(=O)Nc1ccc(C(=O)O)cc1. The van der Waals surface area contributed by atoms with Crippen LogP contribution in [0, 0.1) is 0 Å². The summed E-state index contributed by atoms with van der Waals surface area (Å²) in [6.45, 7) is 0. The summed E-state index contributed by atoms with van der Waals surface area (Å²) >= 11 is 4.91. The number of rotatable bonds is 10. The normalized spacial score (nSPS) is 12.8. The first-order valence-corrected chi connectivity index (χ1v) is 12.3. The number of nitrogens with one attached hydrogen (secondary N) is 2. The number of carboxylic acid groups (broad SMARTS) is 1. The lowest BCUT2D eigenvalue weighted by Crippen LogP contribution is -2.44. The summed E-state index contributed by atoms with van der Waals surface area (Å²) in [5.41, 5.74) is 1.58. The number of carbonyl (C=O) groups is 3. The third-order valence-electron chi connectivity index (χ3n) is 4.73. The van der Waals surface area contributed by atoms with Crippen molar-refractivity contribution in [2.24, 2.45) is 0 Å². The Hall–Kier alpha value is -3.74. The highest BCUT2D eigenvalue weighted by atomic mass is 35.5. The maximum absolute atomic E-state index is 12.8. The van der Waals surface area contributed by atoms with E-state index >= 15 is 0 Å². The van der Waals surface area contributed by atoms with Gasteiger partial charge in [0.2, 0.25) is 11.8 Å². The van der Waals surface area contributed by atoms with Gasteiger partial charge in [0.25, 0.3) is 0 Å². The standard InChI is InChI=1S/C22H21ClN6O5S/c1-35(34)11-10-18(21(31)25-17-6-2-14(3-7-17)22(32)33)26-20(30)9-4-15-12-16(23)5-8-19(15)29-13-24-27-28-29/h2-9,12-13,18H,10-11H2,1H3,(H,25,31)(H,26,30)(H,32,33)/t18-,35?/m0/s1. The zero-order chi connectivity index (χ0) is 25.4. The molecule has 0 aliphatic rings. The molecule has 3 aromatic rings. The first-order chi connectivity index (χ1) is 16.7. The molecule has 2 aromatic carbocycles. The zero-order valence-electron chi connectivity index (χ0n) is 18.4. The molecule has 0 aliphatic carbocycles. The molecule has 2 atom stereocenters. The molecule has 1 aromatic heterocycles. The third-order valence-corrected chi connectivity index (χ3v) is 5.77. The van der Waals surface area contributed by atoms with Crippen molar-refractivity contribution in [3.8, 4) is 5.69 Å². The van der Waals surface area contributed by atoms with Gasteiger partial charge in [0, 0.05) is 28.8 Å². The van der Waals surface area contributed by atoms with Crippen molar-refractivity contribution in [3.05, 3.63) is 71.0 Å². The first kappa shape index (κ1) is 25.9. The van der Waals surface area contributed by atoms with Gasteiger partial charge in [-0.2, -0.15) is 4.68 Å². The molecule has 182 valence electrons. The monoisotopic (exact) mass is 516 g/mol. The molecule has 11 nitrogen and oxygen atoms in total. The minimum absolute atomic E-state index is 0.0708. The highest BCUT2D eigenvalue weighted by Gasteiger charge is 2.22. The average molecular weight is 517 g/mol. The Bertz CT molecular complexity index is 1220. The van der Waals surface area contributed by atoms with Gasteiger partial charge in [0.1, 0.15) is 18.1 Å². The highest BCUT2D eigenvalue weighted by molar-refractivity contribution is 7.90. The lowest BCUT2D eigenvalue weighted by atomic mass is 10.1. The third kappa shape index (κ3) is 7.64. The van der Waals surface area contributed by atoms with E-state index in [2.05, 4.69) is 26.2 Å². The second kappa shape index (κ2) is 12.1. The summed E-state index contributed by atoms with van der Waals surface area (Å²) in [7, 11) is 0. The van der Waals surface area contributed by atoms with Gasteiger partial charge in [-0.1, -0.05) is 22.8 Å². The number of benzene rings is 2. The molecular weight excluding hydrogens is 496 g/mol. The van der Waals surface area contributed by atoms with E-state index in [1.54, 1.807) is 18.2 Å². The van der Waals surface area contributed by atoms with E-state index in [0.29, 0.717) is 22.0 Å². The number of nitrogens with zero attached hydrogens (tertiary/aromatic N) is 4. The fourth-order valence-corrected chi connectivity index (χ4v) is 3.75. The van der Waals surface area contributed by atoms with Crippen molar-refractivity contribution in [2.45, 2.75) is 12.5 Å². The number of anilines is 1. The molecule has 0 radical (unpaired) electrons. The van der Waals surface area contributed by atoms with E-state index in [9.17, 15) is 18.9 Å². The number of halogens is 1. The van der Waals surface area contributed by atoms with Crippen LogP contribution in [0.4, 0.5) is 5.69 Å². The van der Waals surface area contributed by atoms with Crippen molar-refractivity contribution in [2.75, 3.05) is 17.3 Å². The highest BCUT2D eigenvalue weighted by Crippen LogP contribution is 2.20. The summed E-state index contributed by atoms with van der Waals surface area (Å²) < 4.78 is 13.0. The molecule has 3 N–H and O–H groups in total. The molecule has 1 unspecified atom stereocenters. The number of amides is 2. The molecule has 2 amide bonds. The maximum atomic E-state index is 12.8. The van der Waals surface area contributed by atoms with Gasteiger partial charge in [0.05, 0.1) is 17.5 Å². The van der Waals surface area contributed by atoms with Crippen molar-refractivity contribution in [1.82, 2.24) is 25.5 Å². The largest absolute Gasteiger partial charge is 0.617 e. The predicted molar refractivity (Wildman–Crippen MR) is 131 cm³/mol. The van der Waals surface area contributed by atoms with Gasteiger partial charge in [-0.15, -0.1) is 5.10 Å². The zero-order valence-corrected chi connectivity index (χ0v) is 20.0. The van der Waals surface area contributed by atoms with Crippen LogP contribution >= 0.6 is 11.6 Å². The van der Waals surface area contributed by atoms with Crippen LogP contribution in [0.3, 0.4) is 0 Å². The first-order valence-electron chi connectivity index (χ1n) is 10.2. The van der Waals surface area contributed by atoms with Crippen LogP contribution in [-0.4, -0.2) is 65.7 Å². The number of carboxylic acids is 1. The summed E-state index contributed by atoms with van der Waals surface area (Å²) in [5.74, 6) is -1.99. The summed E-state index contributed by atoms with van der Waals surface area (Å²) in [4.78, 5) is 36.4. The Morgan fingerprint density at radius 3 is 2.60 bits per heavy atom. The van der Waals surface area contributed by atoms with Crippen molar-refractivity contribution >= 4 is 52.3 Å². The number of carbonyl (C=O) groups excluding carboxylic acids is 2. The van der Waals surface area contributed by atoms with Crippen LogP contribution in [0.5, 0.6) is 0 Å². The summed E-state index contributed by atoms with van der Waals surface area (Å²) in [6, 6.07) is 9.59. The molecule has 13 heteroatoms. The van der Waals surface area contributed by atoms with Crippen molar-refractivity contribution in [3.63, 3.8) is 0 Å². The molecule has 0 aliphatic heterocycles. The predicted octanol–water partition coefficient (Wildman–Crippen LogP) is 1.92. The number of hydrogen-bond acceptors (Lipinski definition) is 7. The van der Waals surface area contributed by atoms with Gasteiger partial charge < -0.3 is 20.3 Å². The quantitative estimate of drug-likeness (QED) is 0.272. The topological polar surface area (TPSA) is 162 Å². The molecular formula is C22H21ClN6O5S. The molecule has 0 saturated carbocycles. The average Bonchev–Trinajstić information content (AvgIpc) is 3.35. The van der Waals surface area contributed by atoms with E-state index in [0.717, 1.165) is 0 Å². The van der Waals surface area contributed by atoms with Crippen LogP contribution in [0.1, 0.15) is 22.3 Å². The fourth-order valence-electron chi connectivity index (χ4n) is 3.00. The Morgan fingerprint density at radius 2 is 1.97 bits per heavy atom. The van der Waals surface area contributed by atoms with Gasteiger partial charge in [-0.3, -0.25) is 9.59 Å². The number of tetrazole rings is 1. The van der Waals surface area contributed by atoms with Gasteiger partial charge >= 0.3 is 5.97 Å². The van der Waals surface area contributed by atoms with Gasteiger partial charge in [-0.25, -0.2) is 4.79 Å². The fraction of sp³-hybridized carbons (Fsp3) is 0.182. The number of aromatic carboxylic acids is 1. The molecule has 35 heavy (non-hydrogen) atoms. The summed E-state index contributed by atoms with van der Waals surface area (Å²) in [6.07, 6.45) is 5.78. The molecule has 3 rings (SSSR count). The maximum Gasteiger partial charge on any atom is 0.335 e. The second-order valence-electron chi connectivity index (χ2n) is 7.29. The van der Waals surface area contributed by atoms with Gasteiger partial charge in [0.15, 0.2) is 0 Å².